The van der Waals surface area contributed by atoms with E-state index in [1.54, 1.807) is 0 Å². The first-order chi connectivity index (χ1) is 7.93. The summed E-state index contributed by atoms with van der Waals surface area (Å²) >= 11 is 5.63. The summed E-state index contributed by atoms with van der Waals surface area (Å²) in [5.41, 5.74) is 16.1. The second-order valence-electron chi connectivity index (χ2n) is 3.28. The number of benzene rings is 1. The van der Waals surface area contributed by atoms with Gasteiger partial charge in [-0.2, -0.15) is 0 Å². The maximum absolute atomic E-state index is 13.6. The zero-order valence-corrected chi connectivity index (χ0v) is 9.64. The highest BCUT2D eigenvalue weighted by molar-refractivity contribution is 6.33. The molecule has 0 heterocycles. The molecule has 0 aliphatic carbocycles. The molecule has 6 nitrogen and oxygen atoms in total. The number of hydrogen-bond acceptors (Lipinski definition) is 4. The molecular formula is C9H13ClFN5O. The topological polar surface area (TPSA) is 119 Å². The number of carbonyl (C=O) groups excluding carboxylic acids is 1. The molecular weight excluding hydrogens is 249 g/mol. The molecule has 94 valence electrons. The van der Waals surface area contributed by atoms with Gasteiger partial charge in [0, 0.05) is 13.1 Å². The molecule has 0 aliphatic heterocycles. The Kier molecular flexibility index (Phi) is 4.22. The number of amides is 2. The van der Waals surface area contributed by atoms with Crippen LogP contribution in [0.2, 0.25) is 5.02 Å². The smallest absolute Gasteiger partial charge is 0.312 e. The predicted molar refractivity (Wildman–Crippen MR) is 66.3 cm³/mol. The molecule has 2 amide bonds. The minimum absolute atomic E-state index is 0.0514. The summed E-state index contributed by atoms with van der Waals surface area (Å²) in [6, 6.07) is 0.700. The maximum Gasteiger partial charge on any atom is 0.312 e. The predicted octanol–water partition coefficient (Wildman–Crippen LogP) is 0.724. The Morgan fingerprint density at radius 2 is 2.00 bits per heavy atom. The third-order valence-electron chi connectivity index (χ3n) is 1.99. The Morgan fingerprint density at radius 3 is 2.59 bits per heavy atom. The van der Waals surface area contributed by atoms with Crippen molar-refractivity contribution < 1.29 is 9.18 Å². The number of nitrogen functional groups attached to an aromatic ring is 2. The Balaban J connectivity index is 2.71. The van der Waals surface area contributed by atoms with Crippen LogP contribution >= 0.6 is 11.6 Å². The highest BCUT2D eigenvalue weighted by atomic mass is 35.5. The van der Waals surface area contributed by atoms with Gasteiger partial charge in [0.2, 0.25) is 0 Å². The van der Waals surface area contributed by atoms with Gasteiger partial charge in [-0.25, -0.2) is 9.18 Å². The van der Waals surface area contributed by atoms with Gasteiger partial charge < -0.3 is 27.8 Å². The Bertz CT molecular complexity index is 440. The summed E-state index contributed by atoms with van der Waals surface area (Å²) in [5.74, 6) is -0.719. The first kappa shape index (κ1) is 13.2. The molecule has 0 aliphatic rings. The van der Waals surface area contributed by atoms with Crippen molar-refractivity contribution in [3.05, 3.63) is 16.9 Å². The molecule has 0 aromatic heterocycles. The summed E-state index contributed by atoms with van der Waals surface area (Å²) in [5, 5.41) is 4.84. The number of nitrogens with one attached hydrogen (secondary N) is 2. The van der Waals surface area contributed by atoms with Crippen LogP contribution in [-0.4, -0.2) is 19.1 Å². The molecule has 8 N–H and O–H groups in total. The van der Waals surface area contributed by atoms with E-state index < -0.39 is 11.8 Å². The minimum Gasteiger partial charge on any atom is -0.397 e. The van der Waals surface area contributed by atoms with Crippen molar-refractivity contribution >= 4 is 34.7 Å². The number of rotatable bonds is 4. The van der Waals surface area contributed by atoms with Crippen LogP contribution in [0.5, 0.6) is 0 Å². The quantitative estimate of drug-likeness (QED) is 0.405. The van der Waals surface area contributed by atoms with Gasteiger partial charge in [0.1, 0.15) is 5.02 Å². The summed E-state index contributed by atoms with van der Waals surface area (Å²) in [6.45, 7) is 0.487. The van der Waals surface area contributed by atoms with Gasteiger partial charge in [-0.1, -0.05) is 11.6 Å². The average Bonchev–Trinajstić information content (AvgIpc) is 2.24. The Morgan fingerprint density at radius 1 is 1.35 bits per heavy atom. The van der Waals surface area contributed by atoms with Crippen LogP contribution in [0.3, 0.4) is 0 Å². The van der Waals surface area contributed by atoms with Crippen LogP contribution in [0.15, 0.2) is 6.07 Å². The lowest BCUT2D eigenvalue weighted by Gasteiger charge is -2.12. The largest absolute Gasteiger partial charge is 0.397 e. The fourth-order valence-corrected chi connectivity index (χ4v) is 1.37. The molecule has 17 heavy (non-hydrogen) atoms. The molecule has 1 aromatic carbocycles. The van der Waals surface area contributed by atoms with E-state index in [2.05, 4.69) is 10.6 Å². The minimum atomic E-state index is -0.719. The molecule has 1 rings (SSSR count). The van der Waals surface area contributed by atoms with E-state index in [0.717, 1.165) is 0 Å². The van der Waals surface area contributed by atoms with Crippen molar-refractivity contribution in [3.63, 3.8) is 0 Å². The van der Waals surface area contributed by atoms with Crippen molar-refractivity contribution in [1.29, 1.82) is 0 Å². The number of urea groups is 1. The Hall–Kier alpha value is -1.89. The van der Waals surface area contributed by atoms with Gasteiger partial charge >= 0.3 is 6.03 Å². The Labute approximate surface area is 102 Å². The summed E-state index contributed by atoms with van der Waals surface area (Å²) in [6.07, 6.45) is 0. The molecule has 0 spiro atoms. The maximum atomic E-state index is 13.6. The van der Waals surface area contributed by atoms with Gasteiger partial charge in [0.05, 0.1) is 17.1 Å². The number of anilines is 3. The first-order valence-electron chi connectivity index (χ1n) is 4.73. The molecule has 1 aromatic rings. The van der Waals surface area contributed by atoms with Gasteiger partial charge in [-0.05, 0) is 6.07 Å². The first-order valence-corrected chi connectivity index (χ1v) is 5.11. The lowest BCUT2D eigenvalue weighted by atomic mass is 10.2. The number of carbonyl (C=O) groups is 1. The van der Waals surface area contributed by atoms with E-state index in [-0.39, 0.29) is 35.2 Å². The van der Waals surface area contributed by atoms with Crippen molar-refractivity contribution in [2.45, 2.75) is 0 Å². The van der Waals surface area contributed by atoms with Crippen LogP contribution < -0.4 is 27.8 Å². The average molecular weight is 262 g/mol. The lowest BCUT2D eigenvalue weighted by Crippen LogP contribution is -2.33. The van der Waals surface area contributed by atoms with Crippen LogP contribution in [0.4, 0.5) is 26.2 Å². The van der Waals surface area contributed by atoms with Gasteiger partial charge in [-0.3, -0.25) is 0 Å². The molecule has 0 atom stereocenters. The van der Waals surface area contributed by atoms with Crippen molar-refractivity contribution in [2.24, 2.45) is 5.73 Å². The zero-order chi connectivity index (χ0) is 13.0. The molecule has 0 fully saturated rings. The SMILES string of the molecule is NC(=O)NCCNc1c(N)cc(N)c(Cl)c1F. The zero-order valence-electron chi connectivity index (χ0n) is 8.89. The molecule has 0 saturated heterocycles. The molecule has 8 heteroatoms. The lowest BCUT2D eigenvalue weighted by molar-refractivity contribution is 0.249. The highest BCUT2D eigenvalue weighted by Crippen LogP contribution is 2.33. The van der Waals surface area contributed by atoms with E-state index in [0.29, 0.717) is 0 Å². The second-order valence-corrected chi connectivity index (χ2v) is 3.65. The van der Waals surface area contributed by atoms with Gasteiger partial charge in [0.25, 0.3) is 0 Å². The van der Waals surface area contributed by atoms with Crippen LogP contribution in [0.25, 0.3) is 0 Å². The molecule has 0 saturated carbocycles. The summed E-state index contributed by atoms with van der Waals surface area (Å²) in [4.78, 5) is 10.4. The monoisotopic (exact) mass is 261 g/mol. The number of nitrogens with two attached hydrogens (primary N) is 3. The van der Waals surface area contributed by atoms with Crippen LogP contribution in [0.1, 0.15) is 0 Å². The van der Waals surface area contributed by atoms with Crippen molar-refractivity contribution in [1.82, 2.24) is 5.32 Å². The third kappa shape index (κ3) is 3.28. The van der Waals surface area contributed by atoms with E-state index in [1.807, 2.05) is 0 Å². The van der Waals surface area contributed by atoms with Crippen molar-refractivity contribution in [3.8, 4) is 0 Å². The number of halogens is 2. The molecule has 0 unspecified atom stereocenters. The summed E-state index contributed by atoms with van der Waals surface area (Å²) < 4.78 is 13.6. The number of hydrogen-bond donors (Lipinski definition) is 5. The van der Waals surface area contributed by atoms with E-state index in [9.17, 15) is 9.18 Å². The standard InChI is InChI=1S/C9H13ClFN5O/c10-6-4(12)3-5(13)8(7(6)11)15-1-2-16-9(14)17/h3,15H,1-2,12-13H2,(H3,14,16,17). The van der Waals surface area contributed by atoms with E-state index >= 15 is 0 Å². The fourth-order valence-electron chi connectivity index (χ4n) is 1.22. The van der Waals surface area contributed by atoms with Gasteiger partial charge in [0.15, 0.2) is 5.82 Å². The fraction of sp³-hybridized carbons (Fsp3) is 0.222. The van der Waals surface area contributed by atoms with E-state index in [4.69, 9.17) is 28.8 Å². The van der Waals surface area contributed by atoms with Crippen molar-refractivity contribution in [2.75, 3.05) is 29.9 Å². The van der Waals surface area contributed by atoms with Crippen LogP contribution in [0, 0.1) is 5.82 Å². The number of primary amides is 1. The third-order valence-corrected chi connectivity index (χ3v) is 2.38. The molecule has 0 bridgehead atoms. The van der Waals surface area contributed by atoms with E-state index in [1.165, 1.54) is 6.07 Å². The van der Waals surface area contributed by atoms with Gasteiger partial charge in [-0.15, -0.1) is 0 Å². The highest BCUT2D eigenvalue weighted by Gasteiger charge is 2.13. The normalized spacial score (nSPS) is 10.0. The van der Waals surface area contributed by atoms with Crippen LogP contribution in [-0.2, 0) is 0 Å². The summed E-state index contributed by atoms with van der Waals surface area (Å²) in [7, 11) is 0. The molecule has 0 radical (unpaired) electrons. The second kappa shape index (κ2) is 5.44.